The van der Waals surface area contributed by atoms with Crippen LogP contribution in [0.15, 0.2) is 36.7 Å². The summed E-state index contributed by atoms with van der Waals surface area (Å²) in [4.78, 5) is 15.0. The first-order valence-electron chi connectivity index (χ1n) is 8.41. The Labute approximate surface area is 141 Å². The average Bonchev–Trinajstić information content (AvgIpc) is 3.31. The van der Waals surface area contributed by atoms with E-state index < -0.39 is 6.04 Å². The first kappa shape index (κ1) is 16.6. The fourth-order valence-corrected chi connectivity index (χ4v) is 3.07. The molecule has 2 atom stereocenters. The Balaban J connectivity index is 1.76. The van der Waals surface area contributed by atoms with Crippen molar-refractivity contribution < 1.29 is 9.53 Å². The van der Waals surface area contributed by atoms with Crippen molar-refractivity contribution in [2.45, 2.75) is 25.8 Å². The molecule has 0 unspecified atom stereocenters. The summed E-state index contributed by atoms with van der Waals surface area (Å²) in [7, 11) is 0. The van der Waals surface area contributed by atoms with Crippen LogP contribution < -0.4 is 0 Å². The molecule has 7 heteroatoms. The number of ether oxygens (including phenoxy) is 1. The third-order valence-corrected chi connectivity index (χ3v) is 4.44. The van der Waals surface area contributed by atoms with E-state index in [-0.39, 0.29) is 5.91 Å². The summed E-state index contributed by atoms with van der Waals surface area (Å²) in [6, 6.07) is 9.53. The molecule has 24 heavy (non-hydrogen) atoms. The van der Waals surface area contributed by atoms with Gasteiger partial charge in [0.25, 0.3) is 0 Å². The van der Waals surface area contributed by atoms with Crippen LogP contribution in [0.5, 0.6) is 0 Å². The number of carbonyl (C=O) groups excluding carboxylic acids is 1. The lowest BCUT2D eigenvalue weighted by atomic mass is 10.0. The SMILES string of the molecule is CCN(C[C@H]1CCOC1)C(=O)[C@H](Cc1ccccc1)n1cnnn1. The largest absolute Gasteiger partial charge is 0.381 e. The molecule has 1 amide bonds. The van der Waals surface area contributed by atoms with Crippen LogP contribution in [0, 0.1) is 5.92 Å². The minimum absolute atomic E-state index is 0.0561. The van der Waals surface area contributed by atoms with Gasteiger partial charge in [0.05, 0.1) is 6.61 Å². The molecule has 2 aromatic rings. The fraction of sp³-hybridized carbons (Fsp3) is 0.529. The van der Waals surface area contributed by atoms with E-state index in [1.165, 1.54) is 6.33 Å². The summed E-state index contributed by atoms with van der Waals surface area (Å²) in [5.41, 5.74) is 1.09. The van der Waals surface area contributed by atoms with Gasteiger partial charge in [-0.05, 0) is 29.3 Å². The van der Waals surface area contributed by atoms with Crippen LogP contribution in [-0.2, 0) is 16.0 Å². The van der Waals surface area contributed by atoms with Crippen LogP contribution in [0.3, 0.4) is 0 Å². The van der Waals surface area contributed by atoms with Crippen molar-refractivity contribution in [3.8, 4) is 0 Å². The van der Waals surface area contributed by atoms with Gasteiger partial charge in [-0.15, -0.1) is 5.10 Å². The van der Waals surface area contributed by atoms with Crippen molar-refractivity contribution in [2.75, 3.05) is 26.3 Å². The summed E-state index contributed by atoms with van der Waals surface area (Å²) in [6.07, 6.45) is 3.10. The summed E-state index contributed by atoms with van der Waals surface area (Å²) in [6.45, 7) is 4.92. The lowest BCUT2D eigenvalue weighted by molar-refractivity contribution is -0.135. The standard InChI is InChI=1S/C17H23N5O2/c1-2-21(11-15-8-9-24-12-15)17(23)16(22-13-18-19-20-22)10-14-6-4-3-5-7-14/h3-7,13,15-16H,2,8-12H2,1H3/t15-,16+/m1/s1. The zero-order chi connectivity index (χ0) is 16.8. The molecule has 7 nitrogen and oxygen atoms in total. The Morgan fingerprint density at radius 1 is 1.42 bits per heavy atom. The van der Waals surface area contributed by atoms with Crippen LogP contribution in [0.2, 0.25) is 0 Å². The molecule has 0 aliphatic carbocycles. The van der Waals surface area contributed by atoms with E-state index in [0.29, 0.717) is 18.9 Å². The van der Waals surface area contributed by atoms with Crippen LogP contribution in [0.4, 0.5) is 0 Å². The number of rotatable bonds is 7. The molecule has 1 aromatic carbocycles. The van der Waals surface area contributed by atoms with E-state index in [2.05, 4.69) is 15.5 Å². The molecular formula is C17H23N5O2. The third-order valence-electron chi connectivity index (χ3n) is 4.44. The lowest BCUT2D eigenvalue weighted by Gasteiger charge is -2.28. The van der Waals surface area contributed by atoms with E-state index in [1.54, 1.807) is 4.68 Å². The number of likely N-dealkylation sites (N-methyl/N-ethyl adjacent to an activating group) is 1. The quantitative estimate of drug-likeness (QED) is 0.766. The fourth-order valence-electron chi connectivity index (χ4n) is 3.07. The predicted molar refractivity (Wildman–Crippen MR) is 88.2 cm³/mol. The minimum Gasteiger partial charge on any atom is -0.381 e. The maximum absolute atomic E-state index is 13.1. The molecule has 3 rings (SSSR count). The van der Waals surface area contributed by atoms with Gasteiger partial charge in [-0.25, -0.2) is 4.68 Å². The highest BCUT2D eigenvalue weighted by Gasteiger charge is 2.29. The number of amides is 1. The van der Waals surface area contributed by atoms with Gasteiger partial charge in [0.2, 0.25) is 5.91 Å². The Hall–Kier alpha value is -2.28. The number of hydrogen-bond acceptors (Lipinski definition) is 5. The van der Waals surface area contributed by atoms with Crippen LogP contribution in [0.1, 0.15) is 24.9 Å². The highest BCUT2D eigenvalue weighted by molar-refractivity contribution is 5.80. The molecule has 1 aliphatic heterocycles. The molecule has 1 aromatic heterocycles. The van der Waals surface area contributed by atoms with Gasteiger partial charge in [-0.3, -0.25) is 4.79 Å². The summed E-state index contributed by atoms with van der Waals surface area (Å²) >= 11 is 0. The predicted octanol–water partition coefficient (Wildman–Crippen LogP) is 1.34. The van der Waals surface area contributed by atoms with Gasteiger partial charge in [0.1, 0.15) is 12.4 Å². The summed E-state index contributed by atoms with van der Waals surface area (Å²) < 4.78 is 6.99. The van der Waals surface area contributed by atoms with Gasteiger partial charge < -0.3 is 9.64 Å². The number of benzene rings is 1. The molecular weight excluding hydrogens is 306 g/mol. The van der Waals surface area contributed by atoms with E-state index in [4.69, 9.17) is 4.74 Å². The number of tetrazole rings is 1. The molecule has 1 aliphatic rings. The van der Waals surface area contributed by atoms with Crippen LogP contribution in [0.25, 0.3) is 0 Å². The van der Waals surface area contributed by atoms with Crippen molar-refractivity contribution in [1.29, 1.82) is 0 Å². The maximum Gasteiger partial charge on any atom is 0.247 e. The van der Waals surface area contributed by atoms with Gasteiger partial charge in [0, 0.05) is 32.0 Å². The Kier molecular flexibility index (Phi) is 5.53. The van der Waals surface area contributed by atoms with Crippen LogP contribution in [-0.4, -0.2) is 57.3 Å². The molecule has 128 valence electrons. The maximum atomic E-state index is 13.1. The first-order valence-corrected chi connectivity index (χ1v) is 8.41. The zero-order valence-corrected chi connectivity index (χ0v) is 13.9. The van der Waals surface area contributed by atoms with Crippen molar-refractivity contribution in [2.24, 2.45) is 5.92 Å². The lowest BCUT2D eigenvalue weighted by Crippen LogP contribution is -2.41. The Morgan fingerprint density at radius 3 is 2.88 bits per heavy atom. The van der Waals surface area contributed by atoms with Gasteiger partial charge in [0.15, 0.2) is 0 Å². The molecule has 0 radical (unpaired) electrons. The molecule has 2 heterocycles. The van der Waals surface area contributed by atoms with E-state index >= 15 is 0 Å². The first-order chi connectivity index (χ1) is 11.8. The molecule has 0 spiro atoms. The van der Waals surface area contributed by atoms with Crippen LogP contribution >= 0.6 is 0 Å². The second-order valence-corrected chi connectivity index (χ2v) is 6.10. The van der Waals surface area contributed by atoms with Gasteiger partial charge in [-0.2, -0.15) is 0 Å². The molecule has 1 saturated heterocycles. The topological polar surface area (TPSA) is 73.1 Å². The van der Waals surface area contributed by atoms with Crippen molar-refractivity contribution in [1.82, 2.24) is 25.1 Å². The highest BCUT2D eigenvalue weighted by Crippen LogP contribution is 2.19. The normalized spacial score (nSPS) is 18.5. The summed E-state index contributed by atoms with van der Waals surface area (Å²) in [5.74, 6) is 0.473. The minimum atomic E-state index is -0.426. The Bertz CT molecular complexity index is 626. The molecule has 0 N–H and O–H groups in total. The number of aromatic nitrogens is 4. The van der Waals surface area contributed by atoms with Crippen molar-refractivity contribution in [3.63, 3.8) is 0 Å². The summed E-state index contributed by atoms with van der Waals surface area (Å²) in [5, 5.41) is 11.4. The zero-order valence-electron chi connectivity index (χ0n) is 13.9. The van der Waals surface area contributed by atoms with Crippen molar-refractivity contribution >= 4 is 5.91 Å². The number of hydrogen-bond donors (Lipinski definition) is 0. The van der Waals surface area contributed by atoms with Gasteiger partial charge in [-0.1, -0.05) is 30.3 Å². The Morgan fingerprint density at radius 2 is 2.25 bits per heavy atom. The highest BCUT2D eigenvalue weighted by atomic mass is 16.5. The van der Waals surface area contributed by atoms with Crippen molar-refractivity contribution in [3.05, 3.63) is 42.2 Å². The molecule has 1 fully saturated rings. The monoisotopic (exact) mass is 329 g/mol. The molecule has 0 bridgehead atoms. The number of carbonyl (C=O) groups is 1. The number of nitrogens with zero attached hydrogens (tertiary/aromatic N) is 5. The van der Waals surface area contributed by atoms with E-state index in [0.717, 1.165) is 31.7 Å². The smallest absolute Gasteiger partial charge is 0.247 e. The second-order valence-electron chi connectivity index (χ2n) is 6.10. The van der Waals surface area contributed by atoms with E-state index in [1.807, 2.05) is 42.2 Å². The van der Waals surface area contributed by atoms with Gasteiger partial charge >= 0.3 is 0 Å². The van der Waals surface area contributed by atoms with E-state index in [9.17, 15) is 4.79 Å². The molecule has 0 saturated carbocycles. The second kappa shape index (κ2) is 8.01. The third kappa shape index (κ3) is 3.97. The average molecular weight is 329 g/mol.